The van der Waals surface area contributed by atoms with Gasteiger partial charge in [-0.2, -0.15) is 5.10 Å². The standard InChI is InChI=1S/C26H22ClN3O3/c1-2-30-25(31)24(28-21-15-9-14-20(27)16-21)22(23(29-30)19-12-7-4-8-13-19)26(32)33-17-18-10-5-3-6-11-18/h3-16,28H,2,17H2,1H3. The van der Waals surface area contributed by atoms with Crippen molar-refractivity contribution in [3.05, 3.63) is 111 Å². The van der Waals surface area contributed by atoms with Crippen molar-refractivity contribution in [1.29, 1.82) is 0 Å². The Kier molecular flexibility index (Phi) is 6.86. The van der Waals surface area contributed by atoms with Crippen LogP contribution in [0.4, 0.5) is 11.4 Å². The van der Waals surface area contributed by atoms with Gasteiger partial charge in [-0.3, -0.25) is 4.79 Å². The Morgan fingerprint density at radius 3 is 2.36 bits per heavy atom. The van der Waals surface area contributed by atoms with E-state index in [0.717, 1.165) is 5.56 Å². The number of nitrogens with one attached hydrogen (secondary N) is 1. The summed E-state index contributed by atoms with van der Waals surface area (Å²) >= 11 is 6.13. The van der Waals surface area contributed by atoms with Crippen LogP contribution in [0, 0.1) is 0 Å². The van der Waals surface area contributed by atoms with Crippen LogP contribution in [0.5, 0.6) is 0 Å². The van der Waals surface area contributed by atoms with Crippen LogP contribution in [0.15, 0.2) is 89.7 Å². The van der Waals surface area contributed by atoms with Crippen molar-refractivity contribution in [2.75, 3.05) is 5.32 Å². The summed E-state index contributed by atoms with van der Waals surface area (Å²) in [4.78, 5) is 26.6. The first-order chi connectivity index (χ1) is 16.1. The maximum atomic E-state index is 13.4. The minimum Gasteiger partial charge on any atom is -0.457 e. The highest BCUT2D eigenvalue weighted by atomic mass is 35.5. The van der Waals surface area contributed by atoms with Crippen LogP contribution in [0.2, 0.25) is 5.02 Å². The molecule has 1 N–H and O–H groups in total. The Morgan fingerprint density at radius 2 is 1.70 bits per heavy atom. The first kappa shape index (κ1) is 22.3. The molecule has 166 valence electrons. The molecular formula is C26H22ClN3O3. The molecule has 0 saturated carbocycles. The highest BCUT2D eigenvalue weighted by Gasteiger charge is 2.25. The summed E-state index contributed by atoms with van der Waals surface area (Å²) in [6.45, 7) is 2.23. The molecule has 4 rings (SSSR count). The van der Waals surface area contributed by atoms with Crippen LogP contribution in [0.3, 0.4) is 0 Å². The summed E-state index contributed by atoms with van der Waals surface area (Å²) in [5, 5.41) is 8.08. The minimum absolute atomic E-state index is 0.0708. The second-order valence-corrected chi connectivity index (χ2v) is 7.72. The molecule has 0 atom stereocenters. The van der Waals surface area contributed by atoms with Gasteiger partial charge in [-0.05, 0) is 30.7 Å². The van der Waals surface area contributed by atoms with Crippen molar-refractivity contribution < 1.29 is 9.53 Å². The molecule has 1 heterocycles. The van der Waals surface area contributed by atoms with Crippen LogP contribution in [-0.4, -0.2) is 15.7 Å². The molecule has 0 aliphatic heterocycles. The lowest BCUT2D eigenvalue weighted by atomic mass is 10.0. The fourth-order valence-corrected chi connectivity index (χ4v) is 3.59. The summed E-state index contributed by atoms with van der Waals surface area (Å²) < 4.78 is 6.94. The third kappa shape index (κ3) is 5.13. The Bertz CT molecular complexity index is 1320. The topological polar surface area (TPSA) is 73.2 Å². The van der Waals surface area contributed by atoms with Crippen LogP contribution >= 0.6 is 11.6 Å². The number of aryl methyl sites for hydroxylation is 1. The lowest BCUT2D eigenvalue weighted by Gasteiger charge is -2.17. The van der Waals surface area contributed by atoms with Gasteiger partial charge in [-0.15, -0.1) is 0 Å². The fraction of sp³-hybridized carbons (Fsp3) is 0.115. The van der Waals surface area contributed by atoms with E-state index in [1.54, 1.807) is 24.3 Å². The van der Waals surface area contributed by atoms with Crippen LogP contribution in [-0.2, 0) is 17.9 Å². The molecular weight excluding hydrogens is 438 g/mol. The molecule has 0 aliphatic rings. The smallest absolute Gasteiger partial charge is 0.343 e. The Labute approximate surface area is 196 Å². The fourth-order valence-electron chi connectivity index (χ4n) is 3.40. The van der Waals surface area contributed by atoms with E-state index < -0.39 is 11.5 Å². The van der Waals surface area contributed by atoms with E-state index >= 15 is 0 Å². The molecule has 1 aromatic heterocycles. The van der Waals surface area contributed by atoms with Crippen molar-refractivity contribution in [1.82, 2.24) is 9.78 Å². The maximum absolute atomic E-state index is 13.4. The van der Waals surface area contributed by atoms with Gasteiger partial charge in [-0.25, -0.2) is 9.48 Å². The van der Waals surface area contributed by atoms with Crippen LogP contribution in [0.1, 0.15) is 22.8 Å². The zero-order chi connectivity index (χ0) is 23.2. The van der Waals surface area contributed by atoms with Crippen molar-refractivity contribution >= 4 is 28.9 Å². The second kappa shape index (κ2) is 10.1. The number of hydrogen-bond acceptors (Lipinski definition) is 5. The average Bonchev–Trinajstić information content (AvgIpc) is 2.85. The van der Waals surface area contributed by atoms with E-state index in [4.69, 9.17) is 16.3 Å². The quantitative estimate of drug-likeness (QED) is 0.360. The predicted molar refractivity (Wildman–Crippen MR) is 130 cm³/mol. The van der Waals surface area contributed by atoms with Gasteiger partial charge in [0.2, 0.25) is 0 Å². The largest absolute Gasteiger partial charge is 0.457 e. The molecule has 0 amide bonds. The molecule has 0 fully saturated rings. The lowest BCUT2D eigenvalue weighted by Crippen LogP contribution is -2.29. The first-order valence-electron chi connectivity index (χ1n) is 10.5. The van der Waals surface area contributed by atoms with E-state index in [9.17, 15) is 9.59 Å². The number of rotatable bonds is 7. The molecule has 33 heavy (non-hydrogen) atoms. The molecule has 7 heteroatoms. The summed E-state index contributed by atoms with van der Waals surface area (Å²) in [5.74, 6) is -0.643. The first-order valence-corrected chi connectivity index (χ1v) is 10.9. The molecule has 3 aromatic carbocycles. The van der Waals surface area contributed by atoms with Gasteiger partial charge in [0, 0.05) is 22.8 Å². The van der Waals surface area contributed by atoms with Crippen molar-refractivity contribution in [2.24, 2.45) is 0 Å². The number of halogens is 1. The second-order valence-electron chi connectivity index (χ2n) is 7.28. The van der Waals surface area contributed by atoms with Gasteiger partial charge in [0.05, 0.1) is 0 Å². The lowest BCUT2D eigenvalue weighted by molar-refractivity contribution is 0.0474. The van der Waals surface area contributed by atoms with Crippen molar-refractivity contribution in [3.63, 3.8) is 0 Å². The normalized spacial score (nSPS) is 10.6. The van der Waals surface area contributed by atoms with Crippen molar-refractivity contribution in [2.45, 2.75) is 20.1 Å². The molecule has 0 bridgehead atoms. The monoisotopic (exact) mass is 459 g/mol. The van der Waals surface area contributed by atoms with Gasteiger partial charge in [-0.1, -0.05) is 78.3 Å². The summed E-state index contributed by atoms with van der Waals surface area (Å²) in [7, 11) is 0. The summed E-state index contributed by atoms with van der Waals surface area (Å²) in [6.07, 6.45) is 0. The van der Waals surface area contributed by atoms with Crippen molar-refractivity contribution in [3.8, 4) is 11.3 Å². The third-order valence-electron chi connectivity index (χ3n) is 5.01. The number of carbonyl (C=O) groups excluding carboxylic acids is 1. The predicted octanol–water partition coefficient (Wildman–Crippen LogP) is 5.68. The highest BCUT2D eigenvalue weighted by molar-refractivity contribution is 6.30. The number of carbonyl (C=O) groups is 1. The van der Waals surface area contributed by atoms with Gasteiger partial charge in [0.1, 0.15) is 23.6 Å². The number of aromatic nitrogens is 2. The zero-order valence-electron chi connectivity index (χ0n) is 18.0. The minimum atomic E-state index is -0.643. The Balaban J connectivity index is 1.85. The number of nitrogens with zero attached hydrogens (tertiary/aromatic N) is 2. The molecule has 0 unspecified atom stereocenters. The number of anilines is 2. The van der Waals surface area contributed by atoms with E-state index in [1.807, 2.05) is 67.6 Å². The molecule has 6 nitrogen and oxygen atoms in total. The number of ether oxygens (including phenoxy) is 1. The highest BCUT2D eigenvalue weighted by Crippen LogP contribution is 2.29. The molecule has 0 saturated heterocycles. The SMILES string of the molecule is CCn1nc(-c2ccccc2)c(C(=O)OCc2ccccc2)c(Nc2cccc(Cl)c2)c1=O. The van der Waals surface area contributed by atoms with Crippen LogP contribution in [0.25, 0.3) is 11.3 Å². The zero-order valence-corrected chi connectivity index (χ0v) is 18.8. The van der Waals surface area contributed by atoms with Crippen LogP contribution < -0.4 is 10.9 Å². The molecule has 0 radical (unpaired) electrons. The summed E-state index contributed by atoms with van der Waals surface area (Å²) in [6, 6.07) is 25.5. The number of esters is 1. The molecule has 4 aromatic rings. The van der Waals surface area contributed by atoms with E-state index in [0.29, 0.717) is 28.5 Å². The third-order valence-corrected chi connectivity index (χ3v) is 5.25. The number of hydrogen-bond donors (Lipinski definition) is 1. The Hall–Kier alpha value is -3.90. The van der Waals surface area contributed by atoms with Gasteiger partial charge < -0.3 is 10.1 Å². The van der Waals surface area contributed by atoms with E-state index in [2.05, 4.69) is 10.4 Å². The number of benzene rings is 3. The van der Waals surface area contributed by atoms with Gasteiger partial charge >= 0.3 is 5.97 Å². The molecule has 0 aliphatic carbocycles. The Morgan fingerprint density at radius 1 is 1.00 bits per heavy atom. The van der Waals surface area contributed by atoms with Gasteiger partial charge in [0.25, 0.3) is 5.56 Å². The maximum Gasteiger partial charge on any atom is 0.343 e. The summed E-state index contributed by atoms with van der Waals surface area (Å²) in [5.41, 5.74) is 2.21. The average molecular weight is 460 g/mol. The van der Waals surface area contributed by atoms with E-state index in [1.165, 1.54) is 4.68 Å². The molecule has 0 spiro atoms. The van der Waals surface area contributed by atoms with Gasteiger partial charge in [0.15, 0.2) is 0 Å². The van der Waals surface area contributed by atoms with E-state index in [-0.39, 0.29) is 17.9 Å².